The molecule has 0 nitrogen and oxygen atoms in total. The van der Waals surface area contributed by atoms with Gasteiger partial charge in [-0.3, -0.25) is 0 Å². The smallest absolute Gasteiger partial charge is 0.126 e. The predicted octanol–water partition coefficient (Wildman–Crippen LogP) is 8.46. The summed E-state index contributed by atoms with van der Waals surface area (Å²) in [5, 5.41) is 0. The highest BCUT2D eigenvalue weighted by molar-refractivity contribution is 5.28. The van der Waals surface area contributed by atoms with Crippen molar-refractivity contribution in [1.82, 2.24) is 0 Å². The van der Waals surface area contributed by atoms with Crippen LogP contribution in [-0.2, 0) is 6.42 Å². The van der Waals surface area contributed by atoms with E-state index in [1.807, 2.05) is 12.1 Å². The van der Waals surface area contributed by atoms with Crippen LogP contribution >= 0.6 is 0 Å². The van der Waals surface area contributed by atoms with E-state index in [0.29, 0.717) is 12.3 Å². The first kappa shape index (κ1) is 21.1. The summed E-state index contributed by atoms with van der Waals surface area (Å²) in [5.74, 6) is 5.43. The fourth-order valence-corrected chi connectivity index (χ4v) is 7.15. The third-order valence-electron chi connectivity index (χ3n) is 8.82. The van der Waals surface area contributed by atoms with E-state index in [2.05, 4.69) is 19.6 Å². The number of fused-ring (bicyclic) bond motifs is 1. The van der Waals surface area contributed by atoms with Crippen LogP contribution in [0.2, 0.25) is 0 Å². The zero-order chi connectivity index (χ0) is 20.2. The fourth-order valence-electron chi connectivity index (χ4n) is 7.15. The van der Waals surface area contributed by atoms with Crippen LogP contribution in [0, 0.1) is 35.4 Å². The Bertz CT molecular complexity index is 669. The second-order valence-electron chi connectivity index (χ2n) is 10.5. The van der Waals surface area contributed by atoms with Gasteiger partial charge in [-0.1, -0.05) is 50.8 Å². The molecule has 0 spiro atoms. The molecule has 0 heterocycles. The van der Waals surface area contributed by atoms with Crippen molar-refractivity contribution in [2.24, 2.45) is 29.6 Å². The van der Waals surface area contributed by atoms with E-state index < -0.39 is 0 Å². The van der Waals surface area contributed by atoms with E-state index in [0.717, 1.165) is 35.2 Å². The van der Waals surface area contributed by atoms with Gasteiger partial charge in [0, 0.05) is 0 Å². The molecule has 3 fully saturated rings. The third kappa shape index (κ3) is 4.97. The minimum Gasteiger partial charge on any atom is -0.207 e. The molecule has 4 unspecified atom stereocenters. The molecule has 0 radical (unpaired) electrons. The molecule has 0 aromatic heterocycles. The number of hydrogen-bond donors (Lipinski definition) is 0. The van der Waals surface area contributed by atoms with Crippen molar-refractivity contribution in [2.75, 3.05) is 0 Å². The summed E-state index contributed by atoms with van der Waals surface area (Å²) >= 11 is 0. The molecule has 1 aromatic rings. The zero-order valence-electron chi connectivity index (χ0n) is 18.6. The van der Waals surface area contributed by atoms with Crippen molar-refractivity contribution >= 4 is 0 Å². The van der Waals surface area contributed by atoms with Gasteiger partial charge in [-0.25, -0.2) is 4.39 Å². The number of hydrogen-bond acceptors (Lipinski definition) is 0. The van der Waals surface area contributed by atoms with E-state index in [1.165, 1.54) is 82.6 Å². The lowest BCUT2D eigenvalue weighted by Gasteiger charge is -2.45. The summed E-state index contributed by atoms with van der Waals surface area (Å²) in [7, 11) is 0. The summed E-state index contributed by atoms with van der Waals surface area (Å²) < 4.78 is 14.4. The van der Waals surface area contributed by atoms with Crippen LogP contribution in [-0.4, -0.2) is 0 Å². The molecular formula is C28H41F. The Kier molecular flexibility index (Phi) is 7.14. The number of benzene rings is 1. The zero-order valence-corrected chi connectivity index (χ0v) is 18.6. The van der Waals surface area contributed by atoms with Gasteiger partial charge in [0.15, 0.2) is 0 Å². The standard InChI is InChI=1S/C28H41F/c1-3-5-20-7-9-21(10-8-20)23-13-14-25-18-26(16-15-24(25)17-23)27-12-11-22(6-4-2)28(29)19-27/h4,11-12,19-21,23-26H,2-3,5-10,13-18H2,1H3. The maximum atomic E-state index is 14.4. The first-order valence-electron chi connectivity index (χ1n) is 12.6. The molecular weight excluding hydrogens is 355 g/mol. The van der Waals surface area contributed by atoms with Crippen LogP contribution in [0.15, 0.2) is 30.9 Å². The predicted molar refractivity (Wildman–Crippen MR) is 122 cm³/mol. The third-order valence-corrected chi connectivity index (χ3v) is 8.82. The Morgan fingerprint density at radius 3 is 2.24 bits per heavy atom. The molecule has 3 aliphatic rings. The lowest BCUT2D eigenvalue weighted by molar-refractivity contribution is 0.0711. The first-order chi connectivity index (χ1) is 14.2. The van der Waals surface area contributed by atoms with Crippen molar-refractivity contribution in [1.29, 1.82) is 0 Å². The Labute approximate surface area is 178 Å². The van der Waals surface area contributed by atoms with Crippen LogP contribution in [0.1, 0.15) is 101 Å². The second-order valence-corrected chi connectivity index (χ2v) is 10.5. The molecule has 29 heavy (non-hydrogen) atoms. The van der Waals surface area contributed by atoms with E-state index in [4.69, 9.17) is 0 Å². The molecule has 0 saturated heterocycles. The first-order valence-corrected chi connectivity index (χ1v) is 12.6. The Morgan fingerprint density at radius 2 is 1.55 bits per heavy atom. The van der Waals surface area contributed by atoms with Crippen molar-refractivity contribution in [3.05, 3.63) is 47.8 Å². The number of allylic oxidation sites excluding steroid dienone is 1. The minimum absolute atomic E-state index is 0.0353. The van der Waals surface area contributed by atoms with Crippen LogP contribution < -0.4 is 0 Å². The molecule has 0 N–H and O–H groups in total. The van der Waals surface area contributed by atoms with Gasteiger partial charge in [0.05, 0.1) is 0 Å². The summed E-state index contributed by atoms with van der Waals surface area (Å²) in [6, 6.07) is 6.00. The van der Waals surface area contributed by atoms with Gasteiger partial charge in [0.1, 0.15) is 5.82 Å². The maximum Gasteiger partial charge on any atom is 0.126 e. The van der Waals surface area contributed by atoms with E-state index in [1.54, 1.807) is 6.08 Å². The van der Waals surface area contributed by atoms with Crippen molar-refractivity contribution in [3.63, 3.8) is 0 Å². The van der Waals surface area contributed by atoms with Crippen LogP contribution in [0.3, 0.4) is 0 Å². The lowest BCUT2D eigenvalue weighted by Crippen LogP contribution is -2.34. The average Bonchev–Trinajstić information content (AvgIpc) is 2.75. The number of rotatable bonds is 6. The summed E-state index contributed by atoms with van der Waals surface area (Å²) in [4.78, 5) is 0. The Hall–Kier alpha value is -1.11. The summed E-state index contributed by atoms with van der Waals surface area (Å²) in [5.41, 5.74) is 2.02. The van der Waals surface area contributed by atoms with Gasteiger partial charge >= 0.3 is 0 Å². The van der Waals surface area contributed by atoms with Gasteiger partial charge in [-0.2, -0.15) is 0 Å². The summed E-state index contributed by atoms with van der Waals surface area (Å²) in [6.45, 7) is 6.08. The van der Waals surface area contributed by atoms with Crippen LogP contribution in [0.25, 0.3) is 0 Å². The highest BCUT2D eigenvalue weighted by Crippen LogP contribution is 2.51. The maximum absolute atomic E-state index is 14.4. The normalized spacial score (nSPS) is 35.1. The highest BCUT2D eigenvalue weighted by atomic mass is 19.1. The largest absolute Gasteiger partial charge is 0.207 e. The van der Waals surface area contributed by atoms with Gasteiger partial charge in [0.2, 0.25) is 0 Å². The summed E-state index contributed by atoms with van der Waals surface area (Å²) in [6.07, 6.45) is 19.6. The molecule has 1 heteroatoms. The van der Waals surface area contributed by atoms with Gasteiger partial charge in [-0.15, -0.1) is 6.58 Å². The molecule has 0 bridgehead atoms. The Balaban J connectivity index is 1.31. The highest BCUT2D eigenvalue weighted by Gasteiger charge is 2.39. The lowest BCUT2D eigenvalue weighted by atomic mass is 9.60. The second kappa shape index (κ2) is 9.80. The van der Waals surface area contributed by atoms with Crippen LogP contribution in [0.4, 0.5) is 4.39 Å². The molecule has 0 aliphatic heterocycles. The van der Waals surface area contributed by atoms with Crippen molar-refractivity contribution in [2.45, 2.75) is 96.3 Å². The molecule has 4 atom stereocenters. The SMILES string of the molecule is C=CCc1ccc(C2CCC3CC(C4CCC(CCC)CC4)CCC3C2)cc1F. The van der Waals surface area contributed by atoms with Gasteiger partial charge in [-0.05, 0) is 110 Å². The van der Waals surface area contributed by atoms with E-state index >= 15 is 0 Å². The Morgan fingerprint density at radius 1 is 0.897 bits per heavy atom. The molecule has 3 saturated carbocycles. The van der Waals surface area contributed by atoms with Crippen molar-refractivity contribution in [3.8, 4) is 0 Å². The number of halogens is 1. The molecule has 0 amide bonds. The minimum atomic E-state index is -0.0353. The molecule has 160 valence electrons. The molecule has 3 aliphatic carbocycles. The van der Waals surface area contributed by atoms with Crippen molar-refractivity contribution < 1.29 is 4.39 Å². The quantitative estimate of drug-likeness (QED) is 0.423. The monoisotopic (exact) mass is 396 g/mol. The van der Waals surface area contributed by atoms with Gasteiger partial charge < -0.3 is 0 Å². The topological polar surface area (TPSA) is 0 Å². The van der Waals surface area contributed by atoms with E-state index in [9.17, 15) is 4.39 Å². The molecule has 4 rings (SSSR count). The van der Waals surface area contributed by atoms with Gasteiger partial charge in [0.25, 0.3) is 0 Å². The average molecular weight is 397 g/mol. The molecule has 1 aromatic carbocycles. The van der Waals surface area contributed by atoms with Crippen LogP contribution in [0.5, 0.6) is 0 Å². The van der Waals surface area contributed by atoms with E-state index in [-0.39, 0.29) is 5.82 Å². The fraction of sp³-hybridized carbons (Fsp3) is 0.714.